The van der Waals surface area contributed by atoms with Crippen LogP contribution in [0.1, 0.15) is 0 Å². The maximum absolute atomic E-state index is 12.7. The molecule has 0 spiro atoms. The number of benzene rings is 2. The molecule has 0 aliphatic heterocycles. The average Bonchev–Trinajstić information content (AvgIpc) is 2.57. The number of methoxy groups -OCH3 is 2. The van der Waals surface area contributed by atoms with Crippen LogP contribution in [-0.4, -0.2) is 24.8 Å². The van der Waals surface area contributed by atoms with Crippen LogP contribution in [0.2, 0.25) is 0 Å². The second kappa shape index (κ2) is 5.52. The van der Waals surface area contributed by atoms with E-state index in [1.807, 2.05) is 12.1 Å². The smallest absolute Gasteiger partial charge is 0.325 e. The highest BCUT2D eigenvalue weighted by molar-refractivity contribution is 5.95. The number of hydrogen-bond acceptors (Lipinski definition) is 4. The van der Waals surface area contributed by atoms with Crippen LogP contribution in [0.15, 0.2) is 47.3 Å². The van der Waals surface area contributed by atoms with E-state index in [1.165, 1.54) is 7.11 Å². The van der Waals surface area contributed by atoms with Gasteiger partial charge in [0, 0.05) is 10.8 Å². The van der Waals surface area contributed by atoms with Gasteiger partial charge in [-0.3, -0.25) is 9.59 Å². The highest BCUT2D eigenvalue weighted by Crippen LogP contribution is 2.23. The molecular formula is C17H15NO4. The van der Waals surface area contributed by atoms with Crippen molar-refractivity contribution in [1.82, 2.24) is 4.57 Å². The standard InChI is InChI=1S/C17H15NO4/c1-21-11-7-8-15-13(9-11)17(20)12-5-3-4-6-14(12)18(15)10-16(19)22-2/h3-9H,10H2,1-2H3. The maximum Gasteiger partial charge on any atom is 0.325 e. The van der Waals surface area contributed by atoms with Crippen LogP contribution in [-0.2, 0) is 16.1 Å². The van der Waals surface area contributed by atoms with Gasteiger partial charge in [-0.15, -0.1) is 0 Å². The van der Waals surface area contributed by atoms with Crippen LogP contribution < -0.4 is 10.2 Å². The number of hydrogen-bond donors (Lipinski definition) is 0. The third-order valence-electron chi connectivity index (χ3n) is 3.69. The van der Waals surface area contributed by atoms with Gasteiger partial charge in [-0.1, -0.05) is 12.1 Å². The summed E-state index contributed by atoms with van der Waals surface area (Å²) < 4.78 is 11.7. The van der Waals surface area contributed by atoms with E-state index in [-0.39, 0.29) is 17.9 Å². The van der Waals surface area contributed by atoms with Crippen molar-refractivity contribution in [3.05, 3.63) is 52.7 Å². The molecule has 22 heavy (non-hydrogen) atoms. The Labute approximate surface area is 126 Å². The molecule has 0 amide bonds. The monoisotopic (exact) mass is 297 g/mol. The second-order valence-corrected chi connectivity index (χ2v) is 4.89. The normalized spacial score (nSPS) is 10.8. The molecular weight excluding hydrogens is 282 g/mol. The SMILES string of the molecule is COC(=O)Cn1c2ccccc2c(=O)c2cc(OC)ccc21. The molecule has 1 aromatic heterocycles. The fourth-order valence-electron chi connectivity index (χ4n) is 2.60. The first-order valence-corrected chi connectivity index (χ1v) is 6.82. The zero-order valence-corrected chi connectivity index (χ0v) is 12.3. The van der Waals surface area contributed by atoms with Gasteiger partial charge in [0.05, 0.1) is 25.3 Å². The van der Waals surface area contributed by atoms with Gasteiger partial charge < -0.3 is 14.0 Å². The number of esters is 1. The van der Waals surface area contributed by atoms with Crippen LogP contribution in [0.3, 0.4) is 0 Å². The summed E-state index contributed by atoms with van der Waals surface area (Å²) in [6.45, 7) is 0.0418. The number of pyridine rings is 1. The molecule has 0 fully saturated rings. The molecule has 0 saturated carbocycles. The second-order valence-electron chi connectivity index (χ2n) is 4.89. The Kier molecular flexibility index (Phi) is 3.55. The van der Waals surface area contributed by atoms with E-state index in [1.54, 1.807) is 42.0 Å². The third kappa shape index (κ3) is 2.20. The number of fused-ring (bicyclic) bond motifs is 2. The molecule has 0 unspecified atom stereocenters. The minimum absolute atomic E-state index is 0.0418. The van der Waals surface area contributed by atoms with E-state index < -0.39 is 0 Å². The van der Waals surface area contributed by atoms with Gasteiger partial charge in [-0.25, -0.2) is 0 Å². The topological polar surface area (TPSA) is 57.5 Å². The lowest BCUT2D eigenvalue weighted by molar-refractivity contribution is -0.141. The quantitative estimate of drug-likeness (QED) is 0.550. The van der Waals surface area contributed by atoms with E-state index in [0.717, 1.165) is 0 Å². The van der Waals surface area contributed by atoms with Crippen molar-refractivity contribution in [2.75, 3.05) is 14.2 Å². The largest absolute Gasteiger partial charge is 0.497 e. The molecule has 0 aliphatic carbocycles. The Morgan fingerprint density at radius 2 is 1.77 bits per heavy atom. The highest BCUT2D eigenvalue weighted by Gasteiger charge is 2.13. The minimum atomic E-state index is -0.370. The Morgan fingerprint density at radius 1 is 1.05 bits per heavy atom. The zero-order chi connectivity index (χ0) is 15.7. The molecule has 5 nitrogen and oxygen atoms in total. The highest BCUT2D eigenvalue weighted by atomic mass is 16.5. The van der Waals surface area contributed by atoms with E-state index in [0.29, 0.717) is 27.6 Å². The fourth-order valence-corrected chi connectivity index (χ4v) is 2.60. The third-order valence-corrected chi connectivity index (χ3v) is 3.69. The molecule has 3 rings (SSSR count). The van der Waals surface area contributed by atoms with Crippen molar-refractivity contribution < 1.29 is 14.3 Å². The van der Waals surface area contributed by atoms with Gasteiger partial charge in [0.1, 0.15) is 12.3 Å². The van der Waals surface area contributed by atoms with Crippen molar-refractivity contribution in [1.29, 1.82) is 0 Å². The van der Waals surface area contributed by atoms with Crippen molar-refractivity contribution >= 4 is 27.8 Å². The lowest BCUT2D eigenvalue weighted by atomic mass is 10.1. The lowest BCUT2D eigenvalue weighted by Gasteiger charge is -2.14. The molecule has 0 bridgehead atoms. The van der Waals surface area contributed by atoms with Crippen molar-refractivity contribution in [3.8, 4) is 5.75 Å². The first-order valence-electron chi connectivity index (χ1n) is 6.82. The summed E-state index contributed by atoms with van der Waals surface area (Å²) in [7, 11) is 2.90. The summed E-state index contributed by atoms with van der Waals surface area (Å²) in [5, 5.41) is 1.08. The summed E-state index contributed by atoms with van der Waals surface area (Å²) in [5.74, 6) is 0.232. The molecule has 0 aliphatic rings. The van der Waals surface area contributed by atoms with Gasteiger partial charge >= 0.3 is 5.97 Å². The Hall–Kier alpha value is -2.82. The summed E-state index contributed by atoms with van der Waals surface area (Å²) >= 11 is 0. The summed E-state index contributed by atoms with van der Waals surface area (Å²) in [6.07, 6.45) is 0. The van der Waals surface area contributed by atoms with Crippen LogP contribution in [0, 0.1) is 0 Å². The van der Waals surface area contributed by atoms with Crippen molar-refractivity contribution in [2.45, 2.75) is 6.54 Å². The number of rotatable bonds is 3. The number of carbonyl (C=O) groups is 1. The number of nitrogens with zero attached hydrogens (tertiary/aromatic N) is 1. The average molecular weight is 297 g/mol. The fraction of sp³-hybridized carbons (Fsp3) is 0.176. The van der Waals surface area contributed by atoms with Crippen LogP contribution in [0.25, 0.3) is 21.8 Å². The summed E-state index contributed by atoms with van der Waals surface area (Å²) in [4.78, 5) is 24.4. The van der Waals surface area contributed by atoms with Crippen molar-refractivity contribution in [2.24, 2.45) is 0 Å². The number of ether oxygens (including phenoxy) is 2. The number of para-hydroxylation sites is 1. The van der Waals surface area contributed by atoms with E-state index in [9.17, 15) is 9.59 Å². The minimum Gasteiger partial charge on any atom is -0.497 e. The van der Waals surface area contributed by atoms with Crippen LogP contribution in [0.5, 0.6) is 5.75 Å². The lowest BCUT2D eigenvalue weighted by Crippen LogP contribution is -2.17. The number of carbonyl (C=O) groups excluding carboxylic acids is 1. The molecule has 0 saturated heterocycles. The van der Waals surface area contributed by atoms with E-state index in [4.69, 9.17) is 9.47 Å². The Bertz CT molecular complexity index is 927. The van der Waals surface area contributed by atoms with Gasteiger partial charge in [0.25, 0.3) is 0 Å². The van der Waals surface area contributed by atoms with Gasteiger partial charge in [0.2, 0.25) is 0 Å². The predicted octanol–water partition coefficient (Wildman–Crippen LogP) is 2.34. The first-order chi connectivity index (χ1) is 10.7. The summed E-state index contributed by atoms with van der Waals surface area (Å²) in [6, 6.07) is 12.5. The van der Waals surface area contributed by atoms with Crippen LogP contribution in [0.4, 0.5) is 0 Å². The predicted molar refractivity (Wildman–Crippen MR) is 84.3 cm³/mol. The molecule has 3 aromatic rings. The molecule has 0 atom stereocenters. The molecule has 112 valence electrons. The van der Waals surface area contributed by atoms with E-state index >= 15 is 0 Å². The van der Waals surface area contributed by atoms with Crippen LogP contribution >= 0.6 is 0 Å². The van der Waals surface area contributed by atoms with Gasteiger partial charge in [-0.2, -0.15) is 0 Å². The molecule has 0 radical (unpaired) electrons. The van der Waals surface area contributed by atoms with Gasteiger partial charge in [-0.05, 0) is 30.3 Å². The summed E-state index contributed by atoms with van der Waals surface area (Å²) in [5.41, 5.74) is 1.30. The van der Waals surface area contributed by atoms with Gasteiger partial charge in [0.15, 0.2) is 5.43 Å². The molecule has 1 heterocycles. The maximum atomic E-state index is 12.7. The molecule has 5 heteroatoms. The van der Waals surface area contributed by atoms with Crippen molar-refractivity contribution in [3.63, 3.8) is 0 Å². The Balaban J connectivity index is 2.44. The van der Waals surface area contributed by atoms with E-state index in [2.05, 4.69) is 0 Å². The molecule has 2 aromatic carbocycles. The molecule has 0 N–H and O–H groups in total. The number of aromatic nitrogens is 1. The zero-order valence-electron chi connectivity index (χ0n) is 12.3. The first kappa shape index (κ1) is 14.1. The Morgan fingerprint density at radius 3 is 2.50 bits per heavy atom.